The Morgan fingerprint density at radius 2 is 1.94 bits per heavy atom. The van der Waals surface area contributed by atoms with Gasteiger partial charge in [0.15, 0.2) is 11.6 Å². The molecule has 9 heteroatoms. The molecule has 1 aliphatic rings. The van der Waals surface area contributed by atoms with E-state index in [4.69, 9.17) is 0 Å². The molecule has 1 saturated heterocycles. The summed E-state index contributed by atoms with van der Waals surface area (Å²) in [6.45, 7) is 2.62. The number of halogens is 2. The van der Waals surface area contributed by atoms with Crippen LogP contribution >= 0.6 is 0 Å². The molecule has 2 heterocycles. The molecule has 2 atom stereocenters. The van der Waals surface area contributed by atoms with Gasteiger partial charge >= 0.3 is 5.69 Å². The number of carbonyl (C=O) groups is 1. The number of rotatable bonds is 4. The Kier molecular flexibility index (Phi) is 5.45. The van der Waals surface area contributed by atoms with Crippen molar-refractivity contribution in [1.82, 2.24) is 19.8 Å². The van der Waals surface area contributed by atoms with Gasteiger partial charge in [-0.3, -0.25) is 19.1 Å². The van der Waals surface area contributed by atoms with Crippen molar-refractivity contribution in [2.24, 2.45) is 0 Å². The van der Waals surface area contributed by atoms with E-state index in [2.05, 4.69) is 10.3 Å². The molecule has 2 aromatic carbocycles. The fourth-order valence-electron chi connectivity index (χ4n) is 4.22. The molecule has 7 nitrogen and oxygen atoms in total. The summed E-state index contributed by atoms with van der Waals surface area (Å²) >= 11 is 0. The van der Waals surface area contributed by atoms with Crippen LogP contribution in [0.15, 0.2) is 46.0 Å². The molecule has 1 aliphatic heterocycles. The van der Waals surface area contributed by atoms with Gasteiger partial charge in [-0.05, 0) is 56.3 Å². The predicted octanol–water partition coefficient (Wildman–Crippen LogP) is 2.16. The quantitative estimate of drug-likeness (QED) is 0.667. The van der Waals surface area contributed by atoms with Crippen molar-refractivity contribution in [3.63, 3.8) is 0 Å². The number of fused-ring (bicyclic) bond motifs is 1. The fraction of sp³-hybridized carbons (Fsp3) is 0.318. The van der Waals surface area contributed by atoms with E-state index in [0.29, 0.717) is 23.9 Å². The van der Waals surface area contributed by atoms with Crippen LogP contribution in [-0.2, 0) is 6.54 Å². The molecule has 3 aromatic rings. The Hall–Kier alpha value is -3.33. The zero-order chi connectivity index (χ0) is 22.3. The van der Waals surface area contributed by atoms with Crippen molar-refractivity contribution in [3.05, 3.63) is 80.0 Å². The minimum Gasteiger partial charge on any atom is -0.347 e. The number of benzene rings is 2. The predicted molar refractivity (Wildman–Crippen MR) is 112 cm³/mol. The summed E-state index contributed by atoms with van der Waals surface area (Å²) in [4.78, 5) is 42.0. The van der Waals surface area contributed by atoms with Gasteiger partial charge in [0.2, 0.25) is 0 Å². The summed E-state index contributed by atoms with van der Waals surface area (Å²) in [7, 11) is 1.86. The molecule has 2 N–H and O–H groups in total. The van der Waals surface area contributed by atoms with Crippen molar-refractivity contribution in [1.29, 1.82) is 0 Å². The van der Waals surface area contributed by atoms with Crippen LogP contribution in [-0.4, -0.2) is 40.0 Å². The lowest BCUT2D eigenvalue weighted by Crippen LogP contribution is -2.39. The summed E-state index contributed by atoms with van der Waals surface area (Å²) in [5, 5.41) is 3.27. The normalized spacial score (nSPS) is 19.1. The molecular formula is C22H22F2N4O3. The molecule has 162 valence electrons. The number of aromatic nitrogens is 2. The van der Waals surface area contributed by atoms with Crippen LogP contribution in [0.4, 0.5) is 8.78 Å². The van der Waals surface area contributed by atoms with Crippen LogP contribution in [0.1, 0.15) is 35.3 Å². The molecule has 0 saturated carbocycles. The molecule has 0 spiro atoms. The Morgan fingerprint density at radius 3 is 2.65 bits per heavy atom. The van der Waals surface area contributed by atoms with Gasteiger partial charge in [0.25, 0.3) is 11.5 Å². The van der Waals surface area contributed by atoms with E-state index in [1.54, 1.807) is 6.92 Å². The molecule has 0 bridgehead atoms. The Morgan fingerprint density at radius 1 is 1.16 bits per heavy atom. The first-order valence-electron chi connectivity index (χ1n) is 10.0. The number of nitrogens with one attached hydrogen (secondary N) is 2. The first-order chi connectivity index (χ1) is 14.8. The van der Waals surface area contributed by atoms with Crippen molar-refractivity contribution in [2.45, 2.75) is 32.0 Å². The largest absolute Gasteiger partial charge is 0.347 e. The summed E-state index contributed by atoms with van der Waals surface area (Å²) in [5.74, 6) is -2.23. The van der Waals surface area contributed by atoms with Crippen molar-refractivity contribution >= 4 is 16.8 Å². The second kappa shape index (κ2) is 8.07. The summed E-state index contributed by atoms with van der Waals surface area (Å²) in [6.07, 6.45) is 0.636. The minimum absolute atomic E-state index is 0.243. The molecule has 0 aliphatic carbocycles. The molecule has 0 radical (unpaired) electrons. The van der Waals surface area contributed by atoms with E-state index < -0.39 is 22.9 Å². The maximum absolute atomic E-state index is 13.7. The highest BCUT2D eigenvalue weighted by molar-refractivity contribution is 5.97. The summed E-state index contributed by atoms with van der Waals surface area (Å²) in [5.41, 5.74) is 0.202. The highest BCUT2D eigenvalue weighted by Crippen LogP contribution is 2.32. The van der Waals surface area contributed by atoms with Crippen LogP contribution in [0.2, 0.25) is 0 Å². The Bertz CT molecular complexity index is 1280. The molecule has 4 rings (SSSR count). The van der Waals surface area contributed by atoms with Gasteiger partial charge in [-0.25, -0.2) is 13.6 Å². The number of hydrogen-bond donors (Lipinski definition) is 2. The standard InChI is InChI=1S/C22H22F2N4O3/c1-3-28-21(30)14-6-4-13(11-18(14)26-22(28)31)20(29)25-17-8-9-27(2)19(17)12-5-7-15(23)16(24)10-12/h4-7,10-11,17,19H,3,8-9H2,1-2H3,(H,25,29)(H,26,31)/t17-,19+/m1/s1. The van der Waals surface area contributed by atoms with E-state index in [0.717, 1.165) is 16.7 Å². The van der Waals surface area contributed by atoms with E-state index in [1.165, 1.54) is 24.3 Å². The number of carbonyl (C=O) groups excluding carboxylic acids is 1. The van der Waals surface area contributed by atoms with E-state index in [-0.39, 0.29) is 35.6 Å². The topological polar surface area (TPSA) is 87.2 Å². The van der Waals surface area contributed by atoms with E-state index in [9.17, 15) is 23.2 Å². The van der Waals surface area contributed by atoms with Crippen molar-refractivity contribution in [2.75, 3.05) is 13.6 Å². The van der Waals surface area contributed by atoms with Crippen LogP contribution in [0.5, 0.6) is 0 Å². The van der Waals surface area contributed by atoms with Gasteiger partial charge in [-0.1, -0.05) is 6.07 Å². The van der Waals surface area contributed by atoms with E-state index in [1.807, 2.05) is 11.9 Å². The zero-order valence-corrected chi connectivity index (χ0v) is 17.1. The number of amides is 1. The average Bonchev–Trinajstić information content (AvgIpc) is 3.10. The van der Waals surface area contributed by atoms with Gasteiger partial charge in [0.1, 0.15) is 0 Å². The van der Waals surface area contributed by atoms with Gasteiger partial charge < -0.3 is 10.3 Å². The molecule has 31 heavy (non-hydrogen) atoms. The van der Waals surface area contributed by atoms with E-state index >= 15 is 0 Å². The lowest BCUT2D eigenvalue weighted by molar-refractivity contribution is 0.0927. The number of aromatic amines is 1. The van der Waals surface area contributed by atoms with Gasteiger partial charge in [0, 0.05) is 18.7 Å². The molecular weight excluding hydrogens is 406 g/mol. The van der Waals surface area contributed by atoms with Crippen molar-refractivity contribution in [3.8, 4) is 0 Å². The third kappa shape index (κ3) is 3.76. The average molecular weight is 428 g/mol. The lowest BCUT2D eigenvalue weighted by atomic mass is 9.99. The maximum Gasteiger partial charge on any atom is 0.328 e. The second-order valence-electron chi connectivity index (χ2n) is 7.71. The highest BCUT2D eigenvalue weighted by Gasteiger charge is 2.34. The molecule has 1 fully saturated rings. The monoisotopic (exact) mass is 428 g/mol. The van der Waals surface area contributed by atoms with Crippen LogP contribution in [0.25, 0.3) is 10.9 Å². The minimum atomic E-state index is -0.931. The third-order valence-corrected chi connectivity index (χ3v) is 5.81. The SMILES string of the molecule is CCn1c(=O)[nH]c2cc(C(=O)N[C@@H]3CCN(C)[C@H]3c3ccc(F)c(F)c3)ccc2c1=O. The fourth-order valence-corrected chi connectivity index (χ4v) is 4.22. The first-order valence-corrected chi connectivity index (χ1v) is 10.0. The number of nitrogens with zero attached hydrogens (tertiary/aromatic N) is 2. The number of H-pyrrole nitrogens is 1. The number of likely N-dealkylation sites (N-methyl/N-ethyl adjacent to an activating group) is 1. The second-order valence-corrected chi connectivity index (χ2v) is 7.71. The van der Waals surface area contributed by atoms with Crippen LogP contribution in [0.3, 0.4) is 0 Å². The smallest absolute Gasteiger partial charge is 0.328 e. The summed E-state index contributed by atoms with van der Waals surface area (Å²) < 4.78 is 28.2. The lowest BCUT2D eigenvalue weighted by Gasteiger charge is -2.26. The van der Waals surface area contributed by atoms with Crippen molar-refractivity contribution < 1.29 is 13.6 Å². The van der Waals surface area contributed by atoms with Crippen LogP contribution < -0.4 is 16.6 Å². The first kappa shape index (κ1) is 20.9. The molecule has 0 unspecified atom stereocenters. The number of likely N-dealkylation sites (tertiary alicyclic amines) is 1. The Balaban J connectivity index is 1.62. The van der Waals surface area contributed by atoms with Crippen LogP contribution in [0, 0.1) is 11.6 Å². The Labute approximate surface area is 176 Å². The maximum atomic E-state index is 13.7. The van der Waals surface area contributed by atoms with Gasteiger partial charge in [0.05, 0.1) is 23.0 Å². The third-order valence-electron chi connectivity index (χ3n) is 5.81. The summed E-state index contributed by atoms with van der Waals surface area (Å²) in [6, 6.07) is 7.65. The number of hydrogen-bond acceptors (Lipinski definition) is 4. The highest BCUT2D eigenvalue weighted by atomic mass is 19.2. The molecule has 1 amide bonds. The van der Waals surface area contributed by atoms with Gasteiger partial charge in [-0.15, -0.1) is 0 Å². The molecule has 1 aromatic heterocycles. The zero-order valence-electron chi connectivity index (χ0n) is 17.1. The van der Waals surface area contributed by atoms with Gasteiger partial charge in [-0.2, -0.15) is 0 Å².